The monoisotopic (exact) mass is 308 g/mol. The van der Waals surface area contributed by atoms with E-state index in [1.54, 1.807) is 22.7 Å². The van der Waals surface area contributed by atoms with E-state index in [-0.39, 0.29) is 0 Å². The van der Waals surface area contributed by atoms with Crippen LogP contribution in [0.1, 0.15) is 5.56 Å². The van der Waals surface area contributed by atoms with Gasteiger partial charge in [0.1, 0.15) is 10.0 Å². The largest absolute Gasteiger partial charge is 0.245 e. The quantitative estimate of drug-likeness (QED) is 0.496. The van der Waals surface area contributed by atoms with Crippen LogP contribution in [0.2, 0.25) is 0 Å². The third-order valence-electron chi connectivity index (χ3n) is 3.63. The van der Waals surface area contributed by atoms with Gasteiger partial charge in [-0.05, 0) is 29.3 Å². The zero-order chi connectivity index (χ0) is 14.2. The van der Waals surface area contributed by atoms with Gasteiger partial charge >= 0.3 is 0 Å². The highest BCUT2D eigenvalue weighted by Gasteiger charge is 2.09. The summed E-state index contributed by atoms with van der Waals surface area (Å²) in [5, 5.41) is 8.71. The van der Waals surface area contributed by atoms with Crippen LogP contribution in [0.3, 0.4) is 0 Å². The van der Waals surface area contributed by atoms with Crippen molar-refractivity contribution in [3.8, 4) is 21.1 Å². The molecule has 0 atom stereocenters. The molecule has 21 heavy (non-hydrogen) atoms. The fraction of sp³-hybridized carbons (Fsp3) is 0.0588. The number of hydrogen-bond donors (Lipinski definition) is 0. The lowest BCUT2D eigenvalue weighted by molar-refractivity contribution is 1.39. The summed E-state index contributed by atoms with van der Waals surface area (Å²) in [6, 6.07) is 10.9. The second kappa shape index (κ2) is 5.06. The Morgan fingerprint density at radius 2 is 1.62 bits per heavy atom. The minimum absolute atomic E-state index is 1.07. The number of aryl methyl sites for hydroxylation is 1. The molecule has 0 unspecified atom stereocenters. The summed E-state index contributed by atoms with van der Waals surface area (Å²) in [5.74, 6) is 0. The van der Waals surface area contributed by atoms with E-state index in [0.717, 1.165) is 10.0 Å². The van der Waals surface area contributed by atoms with Crippen LogP contribution in [0.25, 0.3) is 31.9 Å². The molecule has 0 fully saturated rings. The highest BCUT2D eigenvalue weighted by Crippen LogP contribution is 2.33. The summed E-state index contributed by atoms with van der Waals surface area (Å²) < 4.78 is 0. The summed E-state index contributed by atoms with van der Waals surface area (Å²) in [4.78, 5) is 8.81. The Kier molecular flexibility index (Phi) is 3.05. The normalized spacial score (nSPS) is 11.1. The molecule has 0 bridgehead atoms. The maximum absolute atomic E-state index is 4.42. The molecular formula is C17H12N2S2. The van der Waals surface area contributed by atoms with Crippen molar-refractivity contribution in [2.45, 2.75) is 6.92 Å². The fourth-order valence-corrected chi connectivity index (χ4v) is 3.93. The van der Waals surface area contributed by atoms with E-state index in [1.807, 2.05) is 23.2 Å². The van der Waals surface area contributed by atoms with Gasteiger partial charge in [0.05, 0.1) is 0 Å². The van der Waals surface area contributed by atoms with Gasteiger partial charge in [0, 0.05) is 34.3 Å². The second-order valence-electron chi connectivity index (χ2n) is 4.85. The summed E-state index contributed by atoms with van der Waals surface area (Å²) in [6.07, 6.45) is 3.70. The molecule has 4 rings (SSSR count). The zero-order valence-electron chi connectivity index (χ0n) is 11.4. The maximum Gasteiger partial charge on any atom is 0.123 e. The van der Waals surface area contributed by atoms with Crippen molar-refractivity contribution in [3.63, 3.8) is 0 Å². The molecular weight excluding hydrogens is 296 g/mol. The van der Waals surface area contributed by atoms with Crippen LogP contribution < -0.4 is 0 Å². The van der Waals surface area contributed by atoms with Crippen LogP contribution in [0.4, 0.5) is 0 Å². The first-order valence-electron chi connectivity index (χ1n) is 6.66. The van der Waals surface area contributed by atoms with Crippen LogP contribution >= 0.6 is 22.7 Å². The Labute approximate surface area is 130 Å². The van der Waals surface area contributed by atoms with Crippen LogP contribution in [-0.4, -0.2) is 9.97 Å². The Hall–Kier alpha value is -2.04. The Morgan fingerprint density at radius 1 is 0.857 bits per heavy atom. The highest BCUT2D eigenvalue weighted by atomic mass is 32.1. The van der Waals surface area contributed by atoms with Crippen LogP contribution in [-0.2, 0) is 0 Å². The summed E-state index contributed by atoms with van der Waals surface area (Å²) in [6.45, 7) is 2.17. The molecule has 0 N–H and O–H groups in total. The van der Waals surface area contributed by atoms with Gasteiger partial charge in [-0.1, -0.05) is 24.3 Å². The molecule has 0 amide bonds. The molecule has 0 aliphatic carbocycles. The Balaban J connectivity index is 1.90. The first-order chi connectivity index (χ1) is 10.3. The lowest BCUT2D eigenvalue weighted by atomic mass is 9.99. The molecule has 0 aliphatic rings. The zero-order valence-corrected chi connectivity index (χ0v) is 13.0. The average Bonchev–Trinajstić information content (AvgIpc) is 3.21. The molecule has 4 heteroatoms. The van der Waals surface area contributed by atoms with Crippen molar-refractivity contribution in [1.82, 2.24) is 9.97 Å². The van der Waals surface area contributed by atoms with E-state index in [9.17, 15) is 0 Å². The van der Waals surface area contributed by atoms with Gasteiger partial charge in [0.15, 0.2) is 0 Å². The first kappa shape index (κ1) is 12.7. The van der Waals surface area contributed by atoms with E-state index in [1.165, 1.54) is 27.5 Å². The van der Waals surface area contributed by atoms with Gasteiger partial charge in [-0.3, -0.25) is 0 Å². The molecule has 0 saturated carbocycles. The molecule has 0 saturated heterocycles. The lowest BCUT2D eigenvalue weighted by Gasteiger charge is -2.08. The van der Waals surface area contributed by atoms with Crippen LogP contribution in [0, 0.1) is 6.92 Å². The van der Waals surface area contributed by atoms with Gasteiger partial charge < -0.3 is 0 Å². The van der Waals surface area contributed by atoms with Gasteiger partial charge in [-0.2, -0.15) is 0 Å². The molecule has 2 nitrogen and oxygen atoms in total. The van der Waals surface area contributed by atoms with Crippen LogP contribution in [0.5, 0.6) is 0 Å². The van der Waals surface area contributed by atoms with Crippen molar-refractivity contribution in [2.75, 3.05) is 0 Å². The molecule has 102 valence electrons. The number of hydrogen-bond acceptors (Lipinski definition) is 4. The fourth-order valence-electron chi connectivity index (χ4n) is 2.57. The average molecular weight is 308 g/mol. The predicted octanol–water partition coefficient (Wildman–Crippen LogP) is 5.40. The van der Waals surface area contributed by atoms with Gasteiger partial charge in [-0.25, -0.2) is 9.97 Å². The lowest BCUT2D eigenvalue weighted by Crippen LogP contribution is -1.86. The van der Waals surface area contributed by atoms with Gasteiger partial charge in [0.25, 0.3) is 0 Å². The third kappa shape index (κ3) is 2.17. The number of thiazole rings is 2. The van der Waals surface area contributed by atoms with Crippen molar-refractivity contribution in [3.05, 3.63) is 59.0 Å². The van der Waals surface area contributed by atoms with E-state index >= 15 is 0 Å². The van der Waals surface area contributed by atoms with Crippen molar-refractivity contribution < 1.29 is 0 Å². The molecule has 0 radical (unpaired) electrons. The van der Waals surface area contributed by atoms with Crippen molar-refractivity contribution in [1.29, 1.82) is 0 Å². The molecule has 2 aromatic carbocycles. The Bertz CT molecular complexity index is 894. The number of nitrogens with zero attached hydrogens (tertiary/aromatic N) is 2. The standard InChI is InChI=1S/C17H12N2S2/c1-11-14-4-3-13(16-18-6-8-20-16)10-12(14)2-5-15(11)17-19-7-9-21-17/h2-10H,1H3. The van der Waals surface area contributed by atoms with Crippen molar-refractivity contribution in [2.24, 2.45) is 0 Å². The summed E-state index contributed by atoms with van der Waals surface area (Å²) in [5.41, 5.74) is 3.69. The predicted molar refractivity (Wildman–Crippen MR) is 90.9 cm³/mol. The summed E-state index contributed by atoms with van der Waals surface area (Å²) >= 11 is 3.35. The maximum atomic E-state index is 4.42. The molecule has 4 aromatic rings. The number of benzene rings is 2. The highest BCUT2D eigenvalue weighted by molar-refractivity contribution is 7.13. The molecule has 0 aliphatic heterocycles. The second-order valence-corrected chi connectivity index (χ2v) is 6.64. The Morgan fingerprint density at radius 3 is 2.33 bits per heavy atom. The first-order valence-corrected chi connectivity index (χ1v) is 8.42. The van der Waals surface area contributed by atoms with Crippen molar-refractivity contribution >= 4 is 33.4 Å². The molecule has 2 heterocycles. The van der Waals surface area contributed by atoms with E-state index in [2.05, 4.69) is 47.2 Å². The summed E-state index contributed by atoms with van der Waals surface area (Å²) in [7, 11) is 0. The van der Waals surface area contributed by atoms with E-state index in [0.29, 0.717) is 0 Å². The smallest absolute Gasteiger partial charge is 0.123 e. The minimum atomic E-state index is 1.07. The SMILES string of the molecule is Cc1c(-c2nccs2)ccc2cc(-c3nccs3)ccc12. The van der Waals surface area contributed by atoms with Gasteiger partial charge in [-0.15, -0.1) is 22.7 Å². The number of aromatic nitrogens is 2. The number of rotatable bonds is 2. The molecule has 0 spiro atoms. The van der Waals surface area contributed by atoms with E-state index < -0.39 is 0 Å². The van der Waals surface area contributed by atoms with E-state index in [4.69, 9.17) is 0 Å². The molecule has 2 aromatic heterocycles. The number of fused-ring (bicyclic) bond motifs is 1. The topological polar surface area (TPSA) is 25.8 Å². The third-order valence-corrected chi connectivity index (χ3v) is 5.26. The van der Waals surface area contributed by atoms with Gasteiger partial charge in [0.2, 0.25) is 0 Å². The minimum Gasteiger partial charge on any atom is -0.245 e. The van der Waals surface area contributed by atoms with Crippen LogP contribution in [0.15, 0.2) is 53.5 Å².